The fourth-order valence-electron chi connectivity index (χ4n) is 4.08. The number of hydrogen-bond acceptors (Lipinski definition) is 6. The smallest absolute Gasteiger partial charge is 0.231 e. The van der Waals surface area contributed by atoms with E-state index in [1.165, 1.54) is 17.3 Å². The van der Waals surface area contributed by atoms with E-state index in [1.807, 2.05) is 16.7 Å². The van der Waals surface area contributed by atoms with E-state index < -0.39 is 5.54 Å². The zero-order chi connectivity index (χ0) is 23.7. The number of thioether (sulfide) groups is 1. The van der Waals surface area contributed by atoms with Gasteiger partial charge in [0.15, 0.2) is 11.0 Å². The maximum atomic E-state index is 12.7. The zero-order valence-corrected chi connectivity index (χ0v) is 20.8. The summed E-state index contributed by atoms with van der Waals surface area (Å²) in [5, 5.41) is 22.1. The molecular weight excluding hydrogens is 434 g/mol. The maximum Gasteiger partial charge on any atom is 0.231 e. The van der Waals surface area contributed by atoms with Gasteiger partial charge in [0.1, 0.15) is 17.9 Å². The van der Waals surface area contributed by atoms with E-state index in [9.17, 15) is 10.1 Å². The molecule has 0 atom stereocenters. The van der Waals surface area contributed by atoms with Crippen LogP contribution in [-0.4, -0.2) is 32.0 Å². The Balaban J connectivity index is 1.62. The lowest BCUT2D eigenvalue weighted by atomic mass is 9.92. The maximum absolute atomic E-state index is 12.7. The second kappa shape index (κ2) is 12.1. The molecule has 1 aliphatic carbocycles. The number of nitrogens with one attached hydrogen (secondary N) is 1. The number of carbonyl (C=O) groups is 1. The van der Waals surface area contributed by atoms with E-state index >= 15 is 0 Å². The van der Waals surface area contributed by atoms with Crippen LogP contribution in [-0.2, 0) is 24.4 Å². The molecule has 33 heavy (non-hydrogen) atoms. The van der Waals surface area contributed by atoms with Crippen molar-refractivity contribution < 1.29 is 9.53 Å². The van der Waals surface area contributed by atoms with Crippen LogP contribution in [0.25, 0.3) is 0 Å². The minimum absolute atomic E-state index is 0.128. The molecule has 0 unspecified atom stereocenters. The molecule has 1 amide bonds. The summed E-state index contributed by atoms with van der Waals surface area (Å²) in [5.74, 6) is 2.01. The highest BCUT2D eigenvalue weighted by Crippen LogP contribution is 2.27. The first-order chi connectivity index (χ1) is 15.9. The van der Waals surface area contributed by atoms with Gasteiger partial charge >= 0.3 is 0 Å². The summed E-state index contributed by atoms with van der Waals surface area (Å²) in [6.07, 6.45) is 6.66. The quantitative estimate of drug-likeness (QED) is 0.393. The molecule has 0 aliphatic heterocycles. The van der Waals surface area contributed by atoms with E-state index in [2.05, 4.69) is 54.5 Å². The molecular formula is C25H35N5O2S. The van der Waals surface area contributed by atoms with E-state index in [4.69, 9.17) is 4.74 Å². The predicted molar refractivity (Wildman–Crippen MR) is 130 cm³/mol. The summed E-state index contributed by atoms with van der Waals surface area (Å²) in [6, 6.07) is 10.5. The monoisotopic (exact) mass is 469 g/mol. The van der Waals surface area contributed by atoms with Gasteiger partial charge in [-0.15, -0.1) is 10.2 Å². The molecule has 1 heterocycles. The lowest BCUT2D eigenvalue weighted by Gasteiger charge is -2.26. The SMILES string of the molecule is CCc1ccc(OCc2nnc(SCC(=O)NC3(C#N)CCCCCC3)n2CC(C)C)cc1. The molecule has 1 aromatic heterocycles. The third-order valence-electron chi connectivity index (χ3n) is 5.92. The molecule has 1 aromatic carbocycles. The van der Waals surface area contributed by atoms with Crippen LogP contribution in [0.4, 0.5) is 0 Å². The van der Waals surface area contributed by atoms with Crippen molar-refractivity contribution in [2.45, 2.75) is 89.6 Å². The summed E-state index contributed by atoms with van der Waals surface area (Å²) in [6.45, 7) is 7.46. The highest BCUT2D eigenvalue weighted by molar-refractivity contribution is 7.99. The molecule has 3 rings (SSSR count). The molecule has 1 saturated carbocycles. The van der Waals surface area contributed by atoms with Gasteiger partial charge in [0.05, 0.1) is 11.8 Å². The molecule has 0 radical (unpaired) electrons. The number of benzene rings is 1. The van der Waals surface area contributed by atoms with Crippen LogP contribution in [0.1, 0.15) is 70.7 Å². The largest absolute Gasteiger partial charge is 0.486 e. The molecule has 8 heteroatoms. The van der Waals surface area contributed by atoms with Crippen LogP contribution < -0.4 is 10.1 Å². The minimum Gasteiger partial charge on any atom is -0.486 e. The van der Waals surface area contributed by atoms with Crippen molar-refractivity contribution in [1.82, 2.24) is 20.1 Å². The van der Waals surface area contributed by atoms with Gasteiger partial charge in [-0.2, -0.15) is 5.26 Å². The Bertz CT molecular complexity index is 941. The number of aryl methyl sites for hydroxylation is 1. The van der Waals surface area contributed by atoms with Gasteiger partial charge in [-0.3, -0.25) is 4.79 Å². The molecule has 7 nitrogen and oxygen atoms in total. The topological polar surface area (TPSA) is 92.8 Å². The van der Waals surface area contributed by atoms with Crippen molar-refractivity contribution in [3.05, 3.63) is 35.7 Å². The number of nitriles is 1. The third-order valence-corrected chi connectivity index (χ3v) is 6.89. The second-order valence-corrected chi connectivity index (χ2v) is 10.1. The van der Waals surface area contributed by atoms with Crippen molar-refractivity contribution in [2.24, 2.45) is 5.92 Å². The Labute approximate surface area is 201 Å². The van der Waals surface area contributed by atoms with Gasteiger partial charge in [0.2, 0.25) is 5.91 Å². The van der Waals surface area contributed by atoms with Gasteiger partial charge < -0.3 is 14.6 Å². The summed E-state index contributed by atoms with van der Waals surface area (Å²) in [7, 11) is 0. The van der Waals surface area contributed by atoms with Crippen LogP contribution in [0.15, 0.2) is 29.4 Å². The van der Waals surface area contributed by atoms with Crippen LogP contribution in [0.3, 0.4) is 0 Å². The first kappa shape index (κ1) is 25.1. The zero-order valence-electron chi connectivity index (χ0n) is 20.0. The predicted octanol–water partition coefficient (Wildman–Crippen LogP) is 4.90. The molecule has 1 N–H and O–H groups in total. The van der Waals surface area contributed by atoms with E-state index in [0.29, 0.717) is 17.7 Å². The van der Waals surface area contributed by atoms with E-state index in [1.54, 1.807) is 0 Å². The highest BCUT2D eigenvalue weighted by atomic mass is 32.2. The van der Waals surface area contributed by atoms with Crippen LogP contribution in [0, 0.1) is 17.2 Å². The normalized spacial score (nSPS) is 15.6. The fraction of sp³-hybridized carbons (Fsp3) is 0.600. The van der Waals surface area contributed by atoms with Crippen molar-refractivity contribution in [3.63, 3.8) is 0 Å². The number of rotatable bonds is 10. The number of nitrogens with zero attached hydrogens (tertiary/aromatic N) is 4. The standard InChI is InChI=1S/C25H35N5O2S/c1-4-20-9-11-21(12-10-20)32-16-22-28-29-24(30(22)15-19(2)3)33-17-23(31)27-25(18-26)13-7-5-6-8-14-25/h9-12,19H,4-8,13-17H2,1-3H3,(H,27,31). The van der Waals surface area contributed by atoms with Gasteiger partial charge in [-0.1, -0.05) is 70.3 Å². The van der Waals surface area contributed by atoms with Crippen molar-refractivity contribution in [1.29, 1.82) is 5.26 Å². The Morgan fingerprint density at radius 3 is 2.52 bits per heavy atom. The van der Waals surface area contributed by atoms with Crippen LogP contribution >= 0.6 is 11.8 Å². The summed E-state index contributed by atoms with van der Waals surface area (Å²) >= 11 is 1.36. The van der Waals surface area contributed by atoms with Crippen LogP contribution in [0.2, 0.25) is 0 Å². The Morgan fingerprint density at radius 1 is 1.21 bits per heavy atom. The van der Waals surface area contributed by atoms with Gasteiger partial charge in [0.25, 0.3) is 0 Å². The van der Waals surface area contributed by atoms with Gasteiger partial charge in [0, 0.05) is 6.54 Å². The average molecular weight is 470 g/mol. The van der Waals surface area contributed by atoms with Crippen molar-refractivity contribution in [2.75, 3.05) is 5.75 Å². The number of ether oxygens (including phenoxy) is 1. The first-order valence-corrected chi connectivity index (χ1v) is 12.9. The summed E-state index contributed by atoms with van der Waals surface area (Å²) in [5.41, 5.74) is 0.538. The second-order valence-electron chi connectivity index (χ2n) is 9.13. The van der Waals surface area contributed by atoms with Gasteiger partial charge in [-0.05, 0) is 42.9 Å². The molecule has 0 bridgehead atoms. The Morgan fingerprint density at radius 2 is 1.91 bits per heavy atom. The number of carbonyl (C=O) groups excluding carboxylic acids is 1. The third kappa shape index (κ3) is 7.23. The lowest BCUT2D eigenvalue weighted by Crippen LogP contribution is -2.47. The van der Waals surface area contributed by atoms with Crippen molar-refractivity contribution >= 4 is 17.7 Å². The minimum atomic E-state index is -0.730. The number of hydrogen-bond donors (Lipinski definition) is 1. The van der Waals surface area contributed by atoms with E-state index in [0.717, 1.165) is 63.1 Å². The first-order valence-electron chi connectivity index (χ1n) is 11.9. The number of amides is 1. The Kier molecular flexibility index (Phi) is 9.19. The van der Waals surface area contributed by atoms with Crippen molar-refractivity contribution in [3.8, 4) is 11.8 Å². The lowest BCUT2D eigenvalue weighted by molar-refractivity contribution is -0.120. The van der Waals surface area contributed by atoms with E-state index in [-0.39, 0.29) is 11.7 Å². The summed E-state index contributed by atoms with van der Waals surface area (Å²) < 4.78 is 7.98. The Hall–Kier alpha value is -2.53. The van der Waals surface area contributed by atoms with Crippen LogP contribution in [0.5, 0.6) is 5.75 Å². The molecule has 1 fully saturated rings. The number of aromatic nitrogens is 3. The molecule has 2 aromatic rings. The fourth-order valence-corrected chi connectivity index (χ4v) is 4.85. The molecule has 0 spiro atoms. The highest BCUT2D eigenvalue weighted by Gasteiger charge is 2.32. The average Bonchev–Trinajstić information content (AvgIpc) is 3.02. The molecule has 178 valence electrons. The molecule has 1 aliphatic rings. The van der Waals surface area contributed by atoms with Gasteiger partial charge in [-0.25, -0.2) is 0 Å². The summed E-state index contributed by atoms with van der Waals surface area (Å²) in [4.78, 5) is 12.7. The molecule has 0 saturated heterocycles.